The number of ether oxygens (including phenoxy) is 1. The van der Waals surface area contributed by atoms with Crippen LogP contribution >= 0.6 is 0 Å². The number of ketones is 1. The number of rotatable bonds is 5. The second kappa shape index (κ2) is 7.08. The van der Waals surface area contributed by atoms with Gasteiger partial charge in [0.15, 0.2) is 5.78 Å². The molecule has 0 amide bonds. The Balaban J connectivity index is 1.73. The number of carbonyl (C=O) groups is 1. The van der Waals surface area contributed by atoms with Crippen molar-refractivity contribution in [2.45, 2.75) is 71.0 Å². The highest BCUT2D eigenvalue weighted by molar-refractivity contribution is 6.00. The first-order valence-electron chi connectivity index (χ1n) is 9.45. The molecule has 2 aliphatic carbocycles. The molecular formula is C21H30O4. The predicted octanol–water partition coefficient (Wildman–Crippen LogP) is 3.44. The summed E-state index contributed by atoms with van der Waals surface area (Å²) in [5.74, 6) is 1.32. The summed E-state index contributed by atoms with van der Waals surface area (Å²) in [7, 11) is 0. The Morgan fingerprint density at radius 1 is 1.52 bits per heavy atom. The highest BCUT2D eigenvalue weighted by Crippen LogP contribution is 2.51. The lowest BCUT2D eigenvalue weighted by atomic mass is 9.74. The number of carbonyl (C=O) groups excluding carboxylic acids is 1. The Kier molecular flexibility index (Phi) is 5.21. The third kappa shape index (κ3) is 3.47. The van der Waals surface area contributed by atoms with Gasteiger partial charge in [-0.15, -0.1) is 0 Å². The molecule has 4 nitrogen and oxygen atoms in total. The average Bonchev–Trinajstić information content (AvgIpc) is 2.93. The molecule has 3 aliphatic rings. The number of aliphatic hydroxyl groups excluding tert-OH is 2. The molecule has 1 heterocycles. The number of fused-ring (bicyclic) bond motifs is 1. The van der Waals surface area contributed by atoms with E-state index in [1.165, 1.54) is 5.57 Å². The van der Waals surface area contributed by atoms with Gasteiger partial charge in [0.1, 0.15) is 17.5 Å². The van der Waals surface area contributed by atoms with E-state index in [1.54, 1.807) is 0 Å². The molecule has 0 saturated heterocycles. The van der Waals surface area contributed by atoms with Crippen molar-refractivity contribution in [3.8, 4) is 0 Å². The average molecular weight is 346 g/mol. The quantitative estimate of drug-likeness (QED) is 0.748. The fourth-order valence-electron chi connectivity index (χ4n) is 4.46. The van der Waals surface area contributed by atoms with Gasteiger partial charge in [-0.3, -0.25) is 4.79 Å². The van der Waals surface area contributed by atoms with Crippen LogP contribution in [0.1, 0.15) is 59.3 Å². The maximum absolute atomic E-state index is 12.4. The minimum atomic E-state index is -0.857. The molecule has 0 fully saturated rings. The van der Waals surface area contributed by atoms with Crippen LogP contribution in [-0.2, 0) is 9.53 Å². The van der Waals surface area contributed by atoms with Crippen molar-refractivity contribution in [1.29, 1.82) is 0 Å². The summed E-state index contributed by atoms with van der Waals surface area (Å²) in [6.07, 6.45) is 8.25. The van der Waals surface area contributed by atoms with Crippen molar-refractivity contribution in [2.75, 3.05) is 6.61 Å². The van der Waals surface area contributed by atoms with Gasteiger partial charge in [-0.05, 0) is 45.4 Å². The van der Waals surface area contributed by atoms with E-state index in [2.05, 4.69) is 26.0 Å². The van der Waals surface area contributed by atoms with E-state index in [0.29, 0.717) is 25.2 Å². The van der Waals surface area contributed by atoms with Gasteiger partial charge < -0.3 is 14.9 Å². The molecule has 2 N–H and O–H groups in total. The third-order valence-electron chi connectivity index (χ3n) is 6.14. The van der Waals surface area contributed by atoms with Crippen molar-refractivity contribution >= 4 is 5.78 Å². The topological polar surface area (TPSA) is 66.8 Å². The van der Waals surface area contributed by atoms with Gasteiger partial charge in [-0.2, -0.15) is 0 Å². The predicted molar refractivity (Wildman–Crippen MR) is 96.8 cm³/mol. The van der Waals surface area contributed by atoms with Crippen LogP contribution in [0.5, 0.6) is 0 Å². The van der Waals surface area contributed by atoms with Crippen molar-refractivity contribution < 1.29 is 19.7 Å². The summed E-state index contributed by atoms with van der Waals surface area (Å²) in [5.41, 5.74) is 2.87. The van der Waals surface area contributed by atoms with Crippen LogP contribution in [0.25, 0.3) is 0 Å². The van der Waals surface area contributed by atoms with Crippen molar-refractivity contribution in [1.82, 2.24) is 0 Å². The van der Waals surface area contributed by atoms with E-state index in [-0.39, 0.29) is 23.9 Å². The lowest BCUT2D eigenvalue weighted by Crippen LogP contribution is -2.43. The molecule has 138 valence electrons. The van der Waals surface area contributed by atoms with E-state index in [4.69, 9.17) is 9.84 Å². The summed E-state index contributed by atoms with van der Waals surface area (Å²) in [6, 6.07) is 0. The van der Waals surface area contributed by atoms with Crippen molar-refractivity contribution in [2.24, 2.45) is 11.8 Å². The molecule has 0 spiro atoms. The van der Waals surface area contributed by atoms with Crippen molar-refractivity contribution in [3.05, 3.63) is 34.6 Å². The zero-order chi connectivity index (χ0) is 18.2. The molecule has 25 heavy (non-hydrogen) atoms. The maximum atomic E-state index is 12.4. The molecule has 0 radical (unpaired) electrons. The molecule has 4 heteroatoms. The van der Waals surface area contributed by atoms with Crippen LogP contribution in [0.4, 0.5) is 0 Å². The highest BCUT2D eigenvalue weighted by Gasteiger charge is 2.49. The van der Waals surface area contributed by atoms with E-state index < -0.39 is 6.10 Å². The van der Waals surface area contributed by atoms with Gasteiger partial charge in [0, 0.05) is 24.3 Å². The smallest absolute Gasteiger partial charge is 0.190 e. The molecular weight excluding hydrogens is 316 g/mol. The summed E-state index contributed by atoms with van der Waals surface area (Å²) >= 11 is 0. The van der Waals surface area contributed by atoms with Crippen LogP contribution < -0.4 is 0 Å². The molecule has 0 saturated carbocycles. The Bertz CT molecular complexity index is 642. The first-order valence-corrected chi connectivity index (χ1v) is 9.45. The first kappa shape index (κ1) is 18.4. The van der Waals surface area contributed by atoms with Gasteiger partial charge in [0.25, 0.3) is 0 Å². The van der Waals surface area contributed by atoms with E-state index in [9.17, 15) is 9.90 Å². The van der Waals surface area contributed by atoms with Crippen LogP contribution in [0.15, 0.2) is 34.6 Å². The molecule has 1 aliphatic heterocycles. The minimum absolute atomic E-state index is 0.118. The molecule has 0 aromatic carbocycles. The zero-order valence-corrected chi connectivity index (χ0v) is 15.5. The van der Waals surface area contributed by atoms with Gasteiger partial charge in [-0.1, -0.05) is 30.2 Å². The normalized spacial score (nSPS) is 33.6. The van der Waals surface area contributed by atoms with Crippen LogP contribution in [-0.4, -0.2) is 34.3 Å². The summed E-state index contributed by atoms with van der Waals surface area (Å²) < 4.78 is 6.31. The minimum Gasteiger partial charge on any atom is -0.491 e. The fourth-order valence-corrected chi connectivity index (χ4v) is 4.46. The van der Waals surface area contributed by atoms with E-state index in [0.717, 1.165) is 36.2 Å². The monoisotopic (exact) mass is 346 g/mol. The standard InChI is InChI=1S/C21H30O4/c1-13(12-22)5-4-6-14(2)15-9-10-21(3)17(15)11-16-19(25-21)8-7-18(23)20(16)24/h5,9,14,17-18,22-23H,4,6-8,10-12H2,1-3H3/b13-5+/t14-,17+,18-,21-/m1/s1. The van der Waals surface area contributed by atoms with Crippen LogP contribution in [0.2, 0.25) is 0 Å². The first-order chi connectivity index (χ1) is 11.9. The molecule has 4 atom stereocenters. The second-order valence-electron chi connectivity index (χ2n) is 8.09. The maximum Gasteiger partial charge on any atom is 0.190 e. The fraction of sp³-hybridized carbons (Fsp3) is 0.667. The second-order valence-corrected chi connectivity index (χ2v) is 8.09. The Hall–Kier alpha value is -1.39. The van der Waals surface area contributed by atoms with E-state index in [1.807, 2.05) is 6.92 Å². The summed E-state index contributed by atoms with van der Waals surface area (Å²) in [4.78, 5) is 12.4. The number of aliphatic hydroxyl groups is 2. The lowest BCUT2D eigenvalue weighted by molar-refractivity contribution is -0.127. The van der Waals surface area contributed by atoms with Gasteiger partial charge in [-0.25, -0.2) is 0 Å². The summed E-state index contributed by atoms with van der Waals surface area (Å²) in [5, 5.41) is 19.0. The number of hydrogen-bond donors (Lipinski definition) is 2. The lowest BCUT2D eigenvalue weighted by Gasteiger charge is -2.43. The Morgan fingerprint density at radius 3 is 3.00 bits per heavy atom. The molecule has 0 bridgehead atoms. The van der Waals surface area contributed by atoms with Crippen LogP contribution in [0, 0.1) is 11.8 Å². The number of hydrogen-bond acceptors (Lipinski definition) is 4. The highest BCUT2D eigenvalue weighted by atomic mass is 16.5. The molecule has 3 rings (SSSR count). The van der Waals surface area contributed by atoms with E-state index >= 15 is 0 Å². The zero-order valence-electron chi connectivity index (χ0n) is 15.5. The molecule has 0 aromatic rings. The van der Waals surface area contributed by atoms with Crippen LogP contribution in [0.3, 0.4) is 0 Å². The molecule has 0 aromatic heterocycles. The SMILES string of the molecule is C/C(=C\CC[C@@H](C)C1=CC[C@@]2(C)OC3=C(C[C@@H]12)C(=O)[C@H](O)CC3)CO. The third-order valence-corrected chi connectivity index (χ3v) is 6.14. The number of Topliss-reactive ketones (excluding diaryl/α,β-unsaturated/α-hetero) is 1. The van der Waals surface area contributed by atoms with Gasteiger partial charge >= 0.3 is 0 Å². The van der Waals surface area contributed by atoms with Gasteiger partial charge in [0.05, 0.1) is 6.61 Å². The Morgan fingerprint density at radius 2 is 2.28 bits per heavy atom. The van der Waals surface area contributed by atoms with Crippen molar-refractivity contribution in [3.63, 3.8) is 0 Å². The Labute approximate surface area is 150 Å². The summed E-state index contributed by atoms with van der Waals surface area (Å²) in [6.45, 7) is 6.46. The number of allylic oxidation sites excluding steroid dienone is 2. The largest absolute Gasteiger partial charge is 0.491 e. The van der Waals surface area contributed by atoms with Gasteiger partial charge in [0.2, 0.25) is 0 Å². The molecule has 0 unspecified atom stereocenters.